The minimum absolute atomic E-state index is 0.633. The molecule has 18 heavy (non-hydrogen) atoms. The molecule has 0 saturated carbocycles. The number of carbonyl (C=O) groups excluding carboxylic acids is 1. The molecule has 0 bridgehead atoms. The van der Waals surface area contributed by atoms with Crippen molar-refractivity contribution in [1.29, 1.82) is 0 Å². The Bertz CT molecular complexity index is 546. The molecule has 4 nitrogen and oxygen atoms in total. The third-order valence-electron chi connectivity index (χ3n) is 2.76. The monoisotopic (exact) mass is 244 g/mol. The number of aromatic nitrogens is 2. The van der Waals surface area contributed by atoms with Crippen LogP contribution in [0, 0.1) is 0 Å². The molecule has 0 radical (unpaired) electrons. The predicted molar refractivity (Wildman–Crippen MR) is 69.9 cm³/mol. The Morgan fingerprint density at radius 3 is 2.94 bits per heavy atom. The summed E-state index contributed by atoms with van der Waals surface area (Å²) in [5.74, 6) is 0.747. The summed E-state index contributed by atoms with van der Waals surface area (Å²) in [4.78, 5) is 10.8. The Labute approximate surface area is 106 Å². The molecule has 0 unspecified atom stereocenters. The Hall–Kier alpha value is -2.10. The first kappa shape index (κ1) is 12.4. The summed E-state index contributed by atoms with van der Waals surface area (Å²) in [5.41, 5.74) is 2.49. The highest BCUT2D eigenvalue weighted by molar-refractivity contribution is 5.81. The van der Waals surface area contributed by atoms with Crippen molar-refractivity contribution in [3.05, 3.63) is 36.2 Å². The van der Waals surface area contributed by atoms with Crippen LogP contribution in [0.1, 0.15) is 23.7 Å². The van der Waals surface area contributed by atoms with Crippen molar-refractivity contribution in [3.63, 3.8) is 0 Å². The zero-order chi connectivity index (χ0) is 13.0. The van der Waals surface area contributed by atoms with E-state index >= 15 is 0 Å². The van der Waals surface area contributed by atoms with Crippen molar-refractivity contribution >= 4 is 6.29 Å². The van der Waals surface area contributed by atoms with Gasteiger partial charge in [-0.3, -0.25) is 9.48 Å². The van der Waals surface area contributed by atoms with Gasteiger partial charge in [0.25, 0.3) is 0 Å². The molecule has 0 aliphatic heterocycles. The van der Waals surface area contributed by atoms with E-state index in [9.17, 15) is 4.79 Å². The molecule has 2 rings (SSSR count). The normalized spacial score (nSPS) is 10.3. The van der Waals surface area contributed by atoms with E-state index in [1.807, 2.05) is 16.9 Å². The van der Waals surface area contributed by atoms with Crippen molar-refractivity contribution in [2.24, 2.45) is 0 Å². The van der Waals surface area contributed by atoms with E-state index < -0.39 is 0 Å². The molecule has 2 aromatic rings. The number of rotatable bonds is 5. The molecular weight excluding hydrogens is 228 g/mol. The standard InChI is InChI=1S/C14H16N2O2/c1-3-6-16-9-12(8-15-16)13-7-11(10-17)4-5-14(13)18-2/h4-5,7-10H,3,6H2,1-2H3. The summed E-state index contributed by atoms with van der Waals surface area (Å²) in [5, 5.41) is 4.29. The minimum Gasteiger partial charge on any atom is -0.496 e. The maximum Gasteiger partial charge on any atom is 0.150 e. The molecule has 0 aliphatic carbocycles. The van der Waals surface area contributed by atoms with E-state index in [-0.39, 0.29) is 0 Å². The fourth-order valence-electron chi connectivity index (χ4n) is 1.88. The van der Waals surface area contributed by atoms with Crippen molar-refractivity contribution in [2.45, 2.75) is 19.9 Å². The Morgan fingerprint density at radius 2 is 2.28 bits per heavy atom. The van der Waals surface area contributed by atoms with Gasteiger partial charge in [-0.05, 0) is 24.6 Å². The lowest BCUT2D eigenvalue weighted by molar-refractivity contribution is 0.112. The summed E-state index contributed by atoms with van der Waals surface area (Å²) >= 11 is 0. The lowest BCUT2D eigenvalue weighted by Crippen LogP contribution is -1.95. The second-order valence-corrected chi connectivity index (χ2v) is 4.07. The highest BCUT2D eigenvalue weighted by Gasteiger charge is 2.09. The van der Waals surface area contributed by atoms with E-state index in [2.05, 4.69) is 12.0 Å². The van der Waals surface area contributed by atoms with Gasteiger partial charge in [-0.2, -0.15) is 5.10 Å². The van der Waals surface area contributed by atoms with Crippen molar-refractivity contribution in [3.8, 4) is 16.9 Å². The van der Waals surface area contributed by atoms with Gasteiger partial charge in [0.1, 0.15) is 12.0 Å². The van der Waals surface area contributed by atoms with Crippen LogP contribution < -0.4 is 4.74 Å². The van der Waals surface area contributed by atoms with Crippen LogP contribution in [0.25, 0.3) is 11.1 Å². The minimum atomic E-state index is 0.633. The molecule has 4 heteroatoms. The maximum absolute atomic E-state index is 10.8. The van der Waals surface area contributed by atoms with Crippen molar-refractivity contribution in [1.82, 2.24) is 9.78 Å². The molecule has 1 aromatic carbocycles. The largest absolute Gasteiger partial charge is 0.496 e. The highest BCUT2D eigenvalue weighted by Crippen LogP contribution is 2.30. The van der Waals surface area contributed by atoms with Crippen LogP contribution in [-0.2, 0) is 6.54 Å². The highest BCUT2D eigenvalue weighted by atomic mass is 16.5. The van der Waals surface area contributed by atoms with E-state index in [4.69, 9.17) is 4.74 Å². The molecule has 0 fully saturated rings. The molecule has 94 valence electrons. The fraction of sp³-hybridized carbons (Fsp3) is 0.286. The van der Waals surface area contributed by atoms with Gasteiger partial charge in [-0.1, -0.05) is 6.92 Å². The second-order valence-electron chi connectivity index (χ2n) is 4.07. The van der Waals surface area contributed by atoms with Gasteiger partial charge in [-0.15, -0.1) is 0 Å². The van der Waals surface area contributed by atoms with E-state index in [1.165, 1.54) is 0 Å². The topological polar surface area (TPSA) is 44.1 Å². The summed E-state index contributed by atoms with van der Waals surface area (Å²) < 4.78 is 7.21. The summed E-state index contributed by atoms with van der Waals surface area (Å²) in [7, 11) is 1.62. The molecule has 0 saturated heterocycles. The molecular formula is C14H16N2O2. The Kier molecular flexibility index (Phi) is 3.77. The maximum atomic E-state index is 10.8. The van der Waals surface area contributed by atoms with Gasteiger partial charge in [0.05, 0.1) is 13.3 Å². The Morgan fingerprint density at radius 1 is 1.44 bits per heavy atom. The predicted octanol–water partition coefficient (Wildman–Crippen LogP) is 2.78. The van der Waals surface area contributed by atoms with Crippen molar-refractivity contribution in [2.75, 3.05) is 7.11 Å². The average molecular weight is 244 g/mol. The molecule has 1 aromatic heterocycles. The lowest BCUT2D eigenvalue weighted by Gasteiger charge is -2.07. The first-order valence-electron chi connectivity index (χ1n) is 5.94. The van der Waals surface area contributed by atoms with Crippen LogP contribution >= 0.6 is 0 Å². The van der Waals surface area contributed by atoms with Crippen LogP contribution in [0.15, 0.2) is 30.6 Å². The van der Waals surface area contributed by atoms with Gasteiger partial charge >= 0.3 is 0 Å². The van der Waals surface area contributed by atoms with Crippen LogP contribution in [-0.4, -0.2) is 23.2 Å². The lowest BCUT2D eigenvalue weighted by atomic mass is 10.1. The van der Waals surface area contributed by atoms with Gasteiger partial charge < -0.3 is 4.74 Å². The van der Waals surface area contributed by atoms with E-state index in [1.54, 1.807) is 25.4 Å². The first-order chi connectivity index (χ1) is 8.78. The fourth-order valence-corrected chi connectivity index (χ4v) is 1.88. The van der Waals surface area contributed by atoms with Gasteiger partial charge in [0.15, 0.2) is 0 Å². The van der Waals surface area contributed by atoms with Gasteiger partial charge in [-0.25, -0.2) is 0 Å². The smallest absolute Gasteiger partial charge is 0.150 e. The summed E-state index contributed by atoms with van der Waals surface area (Å²) in [6.45, 7) is 2.99. The third-order valence-corrected chi connectivity index (χ3v) is 2.76. The number of methoxy groups -OCH3 is 1. The van der Waals surface area contributed by atoms with Crippen LogP contribution in [0.2, 0.25) is 0 Å². The number of ether oxygens (including phenoxy) is 1. The second kappa shape index (κ2) is 5.49. The quantitative estimate of drug-likeness (QED) is 0.760. The molecule has 0 amide bonds. The number of benzene rings is 1. The molecule has 0 atom stereocenters. The number of carbonyl (C=O) groups is 1. The number of nitrogens with zero attached hydrogens (tertiary/aromatic N) is 2. The van der Waals surface area contributed by atoms with Gasteiger partial charge in [0.2, 0.25) is 0 Å². The zero-order valence-corrected chi connectivity index (χ0v) is 10.6. The van der Waals surface area contributed by atoms with Crippen LogP contribution in [0.3, 0.4) is 0 Å². The molecule has 0 N–H and O–H groups in total. The number of aryl methyl sites for hydroxylation is 1. The van der Waals surface area contributed by atoms with Crippen LogP contribution in [0.5, 0.6) is 5.75 Å². The van der Waals surface area contributed by atoms with Crippen LogP contribution in [0.4, 0.5) is 0 Å². The average Bonchev–Trinajstić information content (AvgIpc) is 2.87. The van der Waals surface area contributed by atoms with E-state index in [0.717, 1.165) is 36.1 Å². The van der Waals surface area contributed by atoms with E-state index in [0.29, 0.717) is 5.56 Å². The number of aldehydes is 1. The SMILES string of the molecule is CCCn1cc(-c2cc(C=O)ccc2OC)cn1. The first-order valence-corrected chi connectivity index (χ1v) is 5.94. The molecule has 0 aliphatic rings. The third kappa shape index (κ3) is 2.42. The molecule has 1 heterocycles. The number of hydrogen-bond donors (Lipinski definition) is 0. The Balaban J connectivity index is 2.43. The zero-order valence-electron chi connectivity index (χ0n) is 10.6. The van der Waals surface area contributed by atoms with Crippen molar-refractivity contribution < 1.29 is 9.53 Å². The molecule has 0 spiro atoms. The summed E-state index contributed by atoms with van der Waals surface area (Å²) in [6.07, 6.45) is 5.63. The van der Waals surface area contributed by atoms with Gasteiger partial charge in [0, 0.05) is 29.4 Å². The summed E-state index contributed by atoms with van der Waals surface area (Å²) in [6, 6.07) is 5.36. The number of hydrogen-bond acceptors (Lipinski definition) is 3.